The molecule has 0 N–H and O–H groups in total. The van der Waals surface area contributed by atoms with Gasteiger partial charge in [0.1, 0.15) is 11.4 Å². The Labute approximate surface area is 103 Å². The van der Waals surface area contributed by atoms with Crippen molar-refractivity contribution < 1.29 is 9.47 Å². The smallest absolute Gasteiger partial charge is 0.128 e. The second-order valence-electron chi connectivity index (χ2n) is 4.97. The van der Waals surface area contributed by atoms with Crippen LogP contribution in [0, 0.1) is 0 Å². The summed E-state index contributed by atoms with van der Waals surface area (Å²) in [6.07, 6.45) is 4.31. The van der Waals surface area contributed by atoms with Crippen molar-refractivity contribution in [1.29, 1.82) is 0 Å². The Morgan fingerprint density at radius 1 is 1.24 bits per heavy atom. The molecule has 0 amide bonds. The van der Waals surface area contributed by atoms with E-state index in [4.69, 9.17) is 9.47 Å². The number of rotatable bonds is 4. The zero-order valence-corrected chi connectivity index (χ0v) is 10.8. The molecular formula is C15H20O2. The van der Waals surface area contributed by atoms with Crippen LogP contribution in [0.4, 0.5) is 0 Å². The highest BCUT2D eigenvalue weighted by molar-refractivity contribution is 5.73. The van der Waals surface area contributed by atoms with Gasteiger partial charge >= 0.3 is 0 Å². The monoisotopic (exact) mass is 232 g/mol. The maximum atomic E-state index is 5.95. The van der Waals surface area contributed by atoms with Crippen molar-refractivity contribution in [2.24, 2.45) is 0 Å². The van der Waals surface area contributed by atoms with E-state index in [2.05, 4.69) is 32.1 Å². The zero-order valence-electron chi connectivity index (χ0n) is 10.8. The molecule has 0 fully saturated rings. The van der Waals surface area contributed by atoms with Crippen molar-refractivity contribution in [3.63, 3.8) is 0 Å². The summed E-state index contributed by atoms with van der Waals surface area (Å²) in [7, 11) is 1.75. The van der Waals surface area contributed by atoms with Crippen molar-refractivity contribution in [3.05, 3.63) is 35.9 Å². The number of hydrogen-bond donors (Lipinski definition) is 0. The summed E-state index contributed by atoms with van der Waals surface area (Å²) in [6.45, 7) is 5.00. The van der Waals surface area contributed by atoms with Gasteiger partial charge in [-0.25, -0.2) is 0 Å². The molecule has 1 aliphatic rings. The Hall–Kier alpha value is -1.28. The minimum absolute atomic E-state index is 0.212. The molecule has 0 spiro atoms. The van der Waals surface area contributed by atoms with E-state index >= 15 is 0 Å². The fraction of sp³-hybridized carbons (Fsp3) is 0.467. The Morgan fingerprint density at radius 3 is 2.76 bits per heavy atom. The molecular weight excluding hydrogens is 212 g/mol. The van der Waals surface area contributed by atoms with Crippen LogP contribution >= 0.6 is 0 Å². The van der Waals surface area contributed by atoms with E-state index in [9.17, 15) is 0 Å². The number of allylic oxidation sites excluding steroid dienone is 1. The van der Waals surface area contributed by atoms with Gasteiger partial charge in [-0.1, -0.05) is 18.2 Å². The van der Waals surface area contributed by atoms with Gasteiger partial charge in [0.2, 0.25) is 0 Å². The summed E-state index contributed by atoms with van der Waals surface area (Å²) in [4.78, 5) is 0. The van der Waals surface area contributed by atoms with Gasteiger partial charge in [0.25, 0.3) is 0 Å². The van der Waals surface area contributed by atoms with Gasteiger partial charge in [0, 0.05) is 19.3 Å². The van der Waals surface area contributed by atoms with Crippen LogP contribution in [0.15, 0.2) is 30.3 Å². The SMILES string of the molecule is COCCCC1=CC(C)(C)Oc2ccccc21. The van der Waals surface area contributed by atoms with Gasteiger partial charge in [-0.15, -0.1) is 0 Å². The average molecular weight is 232 g/mol. The van der Waals surface area contributed by atoms with Crippen molar-refractivity contribution >= 4 is 5.57 Å². The molecule has 2 rings (SSSR count). The van der Waals surface area contributed by atoms with Crippen LogP contribution in [0.1, 0.15) is 32.3 Å². The van der Waals surface area contributed by atoms with Crippen LogP contribution in [0.25, 0.3) is 5.57 Å². The van der Waals surface area contributed by atoms with E-state index in [0.29, 0.717) is 0 Å². The minimum atomic E-state index is -0.212. The molecule has 1 aromatic carbocycles. The van der Waals surface area contributed by atoms with Crippen molar-refractivity contribution in [2.45, 2.75) is 32.3 Å². The van der Waals surface area contributed by atoms with Crippen LogP contribution in [0.3, 0.4) is 0 Å². The maximum absolute atomic E-state index is 5.95. The molecule has 1 aliphatic heterocycles. The summed E-state index contributed by atoms with van der Waals surface area (Å²) in [5, 5.41) is 0. The predicted octanol–water partition coefficient (Wildman–Crippen LogP) is 3.67. The number of ether oxygens (including phenoxy) is 2. The molecule has 17 heavy (non-hydrogen) atoms. The first-order chi connectivity index (χ1) is 8.12. The van der Waals surface area contributed by atoms with Crippen LogP contribution in [0.2, 0.25) is 0 Å². The molecule has 0 radical (unpaired) electrons. The minimum Gasteiger partial charge on any atom is -0.483 e. The number of fused-ring (bicyclic) bond motifs is 1. The van der Waals surface area contributed by atoms with E-state index in [-0.39, 0.29) is 5.60 Å². The summed E-state index contributed by atoms with van der Waals surface area (Å²) >= 11 is 0. The Bertz CT molecular complexity index is 419. The fourth-order valence-electron chi connectivity index (χ4n) is 2.24. The van der Waals surface area contributed by atoms with Gasteiger partial charge in [0.05, 0.1) is 0 Å². The highest BCUT2D eigenvalue weighted by atomic mass is 16.5. The third-order valence-corrected chi connectivity index (χ3v) is 2.92. The largest absolute Gasteiger partial charge is 0.483 e. The fourth-order valence-corrected chi connectivity index (χ4v) is 2.24. The first kappa shape index (κ1) is 12.2. The van der Waals surface area contributed by atoms with Crippen LogP contribution < -0.4 is 4.74 Å². The molecule has 0 aromatic heterocycles. The third kappa shape index (κ3) is 2.89. The van der Waals surface area contributed by atoms with Gasteiger partial charge in [-0.3, -0.25) is 0 Å². The lowest BCUT2D eigenvalue weighted by molar-refractivity contribution is 0.157. The van der Waals surface area contributed by atoms with Gasteiger partial charge in [0.15, 0.2) is 0 Å². The Kier molecular flexibility index (Phi) is 3.53. The highest BCUT2D eigenvalue weighted by Crippen LogP contribution is 2.37. The van der Waals surface area contributed by atoms with Gasteiger partial charge in [-0.2, -0.15) is 0 Å². The normalized spacial score (nSPS) is 17.0. The molecule has 2 nitrogen and oxygen atoms in total. The first-order valence-corrected chi connectivity index (χ1v) is 6.11. The molecule has 2 heteroatoms. The Balaban J connectivity index is 2.24. The zero-order chi connectivity index (χ0) is 12.3. The Morgan fingerprint density at radius 2 is 2.00 bits per heavy atom. The van der Waals surface area contributed by atoms with Crippen LogP contribution in [0.5, 0.6) is 5.75 Å². The topological polar surface area (TPSA) is 18.5 Å². The first-order valence-electron chi connectivity index (χ1n) is 6.11. The molecule has 0 unspecified atom stereocenters. The number of para-hydroxylation sites is 1. The van der Waals surface area contributed by atoms with E-state index < -0.39 is 0 Å². The molecule has 0 saturated carbocycles. The average Bonchev–Trinajstić information content (AvgIpc) is 2.28. The molecule has 0 aliphatic carbocycles. The molecule has 1 aromatic rings. The lowest BCUT2D eigenvalue weighted by Crippen LogP contribution is -2.29. The van der Waals surface area contributed by atoms with Crippen molar-refractivity contribution in [2.75, 3.05) is 13.7 Å². The van der Waals surface area contributed by atoms with Crippen molar-refractivity contribution in [3.8, 4) is 5.75 Å². The van der Waals surface area contributed by atoms with Gasteiger partial charge < -0.3 is 9.47 Å². The van der Waals surface area contributed by atoms with E-state index in [1.165, 1.54) is 11.1 Å². The predicted molar refractivity (Wildman–Crippen MR) is 70.2 cm³/mol. The molecule has 92 valence electrons. The molecule has 0 bridgehead atoms. The molecule has 0 atom stereocenters. The highest BCUT2D eigenvalue weighted by Gasteiger charge is 2.25. The number of methoxy groups -OCH3 is 1. The lowest BCUT2D eigenvalue weighted by Gasteiger charge is -2.31. The summed E-state index contributed by atoms with van der Waals surface area (Å²) in [5.41, 5.74) is 2.38. The second kappa shape index (κ2) is 4.92. The number of benzene rings is 1. The quantitative estimate of drug-likeness (QED) is 0.737. The summed E-state index contributed by atoms with van der Waals surface area (Å²) in [5.74, 6) is 0.993. The lowest BCUT2D eigenvalue weighted by atomic mass is 9.92. The third-order valence-electron chi connectivity index (χ3n) is 2.92. The maximum Gasteiger partial charge on any atom is 0.128 e. The molecule has 0 saturated heterocycles. The van der Waals surface area contributed by atoms with E-state index in [0.717, 1.165) is 25.2 Å². The van der Waals surface area contributed by atoms with Crippen LogP contribution in [-0.4, -0.2) is 19.3 Å². The van der Waals surface area contributed by atoms with E-state index in [1.807, 2.05) is 12.1 Å². The van der Waals surface area contributed by atoms with Gasteiger partial charge in [-0.05, 0) is 44.4 Å². The van der Waals surface area contributed by atoms with Crippen molar-refractivity contribution in [1.82, 2.24) is 0 Å². The van der Waals surface area contributed by atoms with E-state index in [1.54, 1.807) is 7.11 Å². The summed E-state index contributed by atoms with van der Waals surface area (Å²) in [6, 6.07) is 8.25. The van der Waals surface area contributed by atoms with Crippen LogP contribution in [-0.2, 0) is 4.74 Å². The number of hydrogen-bond acceptors (Lipinski definition) is 2. The standard InChI is InChI=1S/C15H20O2/c1-15(2)11-12(7-6-10-16-3)13-8-4-5-9-14(13)17-15/h4-5,8-9,11H,6-7,10H2,1-3H3. The summed E-state index contributed by atoms with van der Waals surface area (Å²) < 4.78 is 11.1. The molecule has 1 heterocycles. The second-order valence-corrected chi connectivity index (χ2v) is 4.97.